The van der Waals surface area contributed by atoms with Gasteiger partial charge in [0, 0.05) is 29.2 Å². The molecular formula is C14H16BrClN2O. The Morgan fingerprint density at radius 3 is 2.84 bits per heavy atom. The number of pyridine rings is 1. The molecule has 0 atom stereocenters. The summed E-state index contributed by atoms with van der Waals surface area (Å²) in [5.74, 6) is 0. The number of halogens is 2. The van der Waals surface area contributed by atoms with Crippen molar-refractivity contribution in [2.75, 3.05) is 19.0 Å². The van der Waals surface area contributed by atoms with E-state index in [2.05, 4.69) is 33.2 Å². The number of anilines is 1. The summed E-state index contributed by atoms with van der Waals surface area (Å²) in [5.41, 5.74) is 2.72. The lowest BCUT2D eigenvalue weighted by Crippen LogP contribution is -2.03. The second-order valence-corrected chi connectivity index (χ2v) is 5.63. The lowest BCUT2D eigenvalue weighted by atomic mass is 10.1. The molecule has 0 saturated heterocycles. The molecule has 5 heteroatoms. The van der Waals surface area contributed by atoms with Gasteiger partial charge in [-0.1, -0.05) is 34.5 Å². The highest BCUT2D eigenvalue weighted by Crippen LogP contribution is 2.32. The minimum absolute atomic E-state index is 0.475. The molecule has 0 radical (unpaired) electrons. The summed E-state index contributed by atoms with van der Waals surface area (Å²) in [4.78, 5) is 4.56. The van der Waals surface area contributed by atoms with E-state index in [1.54, 1.807) is 7.11 Å². The summed E-state index contributed by atoms with van der Waals surface area (Å²) in [6, 6.07) is 5.91. The molecule has 102 valence electrons. The Morgan fingerprint density at radius 1 is 1.37 bits per heavy atom. The molecule has 0 aliphatic rings. The molecule has 0 amide bonds. The highest BCUT2D eigenvalue weighted by Gasteiger charge is 2.10. The molecular weight excluding hydrogens is 328 g/mol. The lowest BCUT2D eigenvalue weighted by Gasteiger charge is -2.12. The summed E-state index contributed by atoms with van der Waals surface area (Å²) >= 11 is 9.75. The standard InChI is InChI=1S/C14H16BrClN2O/c1-3-4-17-13-7-10(8-19-2)18-14-11(13)5-9(15)6-12(14)16/h5-7H,3-4,8H2,1-2H3,(H,17,18). The quantitative estimate of drug-likeness (QED) is 0.860. The number of aromatic nitrogens is 1. The van der Waals surface area contributed by atoms with Crippen LogP contribution >= 0.6 is 27.5 Å². The van der Waals surface area contributed by atoms with E-state index in [1.807, 2.05) is 18.2 Å². The summed E-state index contributed by atoms with van der Waals surface area (Å²) in [6.07, 6.45) is 1.06. The molecule has 1 heterocycles. The number of nitrogens with one attached hydrogen (secondary N) is 1. The van der Waals surface area contributed by atoms with Gasteiger partial charge in [0.25, 0.3) is 0 Å². The van der Waals surface area contributed by atoms with Crippen LogP contribution in [-0.2, 0) is 11.3 Å². The predicted molar refractivity (Wildman–Crippen MR) is 83.9 cm³/mol. The van der Waals surface area contributed by atoms with Crippen molar-refractivity contribution in [1.29, 1.82) is 0 Å². The van der Waals surface area contributed by atoms with Crippen LogP contribution in [0.2, 0.25) is 5.02 Å². The van der Waals surface area contributed by atoms with Gasteiger partial charge in [0.2, 0.25) is 0 Å². The Kier molecular flexibility index (Phi) is 5.02. The number of rotatable bonds is 5. The maximum Gasteiger partial charge on any atom is 0.0914 e. The number of ether oxygens (including phenoxy) is 1. The van der Waals surface area contributed by atoms with Crippen LogP contribution in [0.25, 0.3) is 10.9 Å². The lowest BCUT2D eigenvalue weighted by molar-refractivity contribution is 0.182. The van der Waals surface area contributed by atoms with Gasteiger partial charge in [-0.2, -0.15) is 0 Å². The summed E-state index contributed by atoms with van der Waals surface area (Å²) in [7, 11) is 1.66. The maximum atomic E-state index is 6.28. The normalized spacial score (nSPS) is 10.9. The first-order chi connectivity index (χ1) is 9.15. The Morgan fingerprint density at radius 2 is 2.16 bits per heavy atom. The minimum atomic E-state index is 0.475. The van der Waals surface area contributed by atoms with Crippen LogP contribution in [0.4, 0.5) is 5.69 Å². The van der Waals surface area contributed by atoms with Crippen molar-refractivity contribution < 1.29 is 4.74 Å². The van der Waals surface area contributed by atoms with Crippen LogP contribution < -0.4 is 5.32 Å². The maximum absolute atomic E-state index is 6.28. The van der Waals surface area contributed by atoms with Crippen LogP contribution in [0.5, 0.6) is 0 Å². The molecule has 1 N–H and O–H groups in total. The highest BCUT2D eigenvalue weighted by atomic mass is 79.9. The number of benzene rings is 1. The Bertz CT molecular complexity index is 589. The van der Waals surface area contributed by atoms with Crippen molar-refractivity contribution in [3.63, 3.8) is 0 Å². The van der Waals surface area contributed by atoms with Crippen molar-refractivity contribution in [2.45, 2.75) is 20.0 Å². The van der Waals surface area contributed by atoms with E-state index in [1.165, 1.54) is 0 Å². The summed E-state index contributed by atoms with van der Waals surface area (Å²) in [5, 5.41) is 5.08. The fourth-order valence-electron chi connectivity index (χ4n) is 1.93. The third-order valence-electron chi connectivity index (χ3n) is 2.74. The van der Waals surface area contributed by atoms with Crippen LogP contribution in [0.1, 0.15) is 19.0 Å². The van der Waals surface area contributed by atoms with E-state index >= 15 is 0 Å². The van der Waals surface area contributed by atoms with Crippen LogP contribution in [0.15, 0.2) is 22.7 Å². The number of hydrogen-bond acceptors (Lipinski definition) is 3. The Balaban J connectivity index is 2.60. The highest BCUT2D eigenvalue weighted by molar-refractivity contribution is 9.10. The largest absolute Gasteiger partial charge is 0.384 e. The molecule has 1 aromatic heterocycles. The molecule has 1 aromatic carbocycles. The van der Waals surface area contributed by atoms with E-state index in [-0.39, 0.29) is 0 Å². The minimum Gasteiger partial charge on any atom is -0.384 e. The van der Waals surface area contributed by atoms with Crippen molar-refractivity contribution >= 4 is 44.1 Å². The second kappa shape index (κ2) is 6.55. The molecule has 19 heavy (non-hydrogen) atoms. The number of methoxy groups -OCH3 is 1. The molecule has 0 bridgehead atoms. The predicted octanol–water partition coefficient (Wildman–Crippen LogP) is 4.62. The van der Waals surface area contributed by atoms with Crippen molar-refractivity contribution in [1.82, 2.24) is 4.98 Å². The molecule has 3 nitrogen and oxygen atoms in total. The topological polar surface area (TPSA) is 34.1 Å². The SMILES string of the molecule is CCCNc1cc(COC)nc2c(Cl)cc(Br)cc12. The van der Waals surface area contributed by atoms with Crippen molar-refractivity contribution in [2.24, 2.45) is 0 Å². The van der Waals surface area contributed by atoms with Gasteiger partial charge in [0.15, 0.2) is 0 Å². The number of fused-ring (bicyclic) bond motifs is 1. The number of hydrogen-bond donors (Lipinski definition) is 1. The van der Waals surface area contributed by atoms with E-state index in [0.717, 1.165) is 39.7 Å². The monoisotopic (exact) mass is 342 g/mol. The van der Waals surface area contributed by atoms with Gasteiger partial charge >= 0.3 is 0 Å². The zero-order valence-corrected chi connectivity index (χ0v) is 13.3. The average molecular weight is 344 g/mol. The van der Waals surface area contributed by atoms with E-state index in [9.17, 15) is 0 Å². The molecule has 0 aliphatic heterocycles. The second-order valence-electron chi connectivity index (χ2n) is 4.30. The van der Waals surface area contributed by atoms with E-state index in [4.69, 9.17) is 16.3 Å². The molecule has 0 fully saturated rings. The van der Waals surface area contributed by atoms with Gasteiger partial charge in [0.1, 0.15) is 0 Å². The molecule has 0 aliphatic carbocycles. The van der Waals surface area contributed by atoms with Gasteiger partial charge < -0.3 is 10.1 Å². The first-order valence-corrected chi connectivity index (χ1v) is 7.34. The van der Waals surface area contributed by atoms with Crippen LogP contribution in [0, 0.1) is 0 Å². The fourth-order valence-corrected chi connectivity index (χ4v) is 2.78. The molecule has 0 saturated carbocycles. The Labute approximate surface area is 126 Å². The van der Waals surface area contributed by atoms with E-state index < -0.39 is 0 Å². The summed E-state index contributed by atoms with van der Waals surface area (Å²) < 4.78 is 6.11. The fraction of sp³-hybridized carbons (Fsp3) is 0.357. The molecule has 2 rings (SSSR count). The van der Waals surface area contributed by atoms with Gasteiger partial charge in [-0.15, -0.1) is 0 Å². The van der Waals surface area contributed by atoms with Gasteiger partial charge in [-0.05, 0) is 24.6 Å². The smallest absolute Gasteiger partial charge is 0.0914 e. The van der Waals surface area contributed by atoms with Crippen LogP contribution in [-0.4, -0.2) is 18.6 Å². The van der Waals surface area contributed by atoms with Crippen LogP contribution in [0.3, 0.4) is 0 Å². The van der Waals surface area contributed by atoms with Crippen molar-refractivity contribution in [3.05, 3.63) is 33.4 Å². The van der Waals surface area contributed by atoms with Gasteiger partial charge in [-0.3, -0.25) is 0 Å². The third-order valence-corrected chi connectivity index (χ3v) is 3.49. The zero-order chi connectivity index (χ0) is 13.8. The first kappa shape index (κ1) is 14.6. The van der Waals surface area contributed by atoms with Crippen molar-refractivity contribution in [3.8, 4) is 0 Å². The van der Waals surface area contributed by atoms with E-state index in [0.29, 0.717) is 11.6 Å². The average Bonchev–Trinajstić information content (AvgIpc) is 2.37. The molecule has 0 unspecified atom stereocenters. The third kappa shape index (κ3) is 3.38. The molecule has 2 aromatic rings. The number of nitrogens with zero attached hydrogens (tertiary/aromatic N) is 1. The zero-order valence-electron chi connectivity index (χ0n) is 11.0. The Hall–Kier alpha value is -0.840. The van der Waals surface area contributed by atoms with Gasteiger partial charge in [0.05, 0.1) is 22.8 Å². The summed E-state index contributed by atoms with van der Waals surface area (Å²) in [6.45, 7) is 3.52. The van der Waals surface area contributed by atoms with Gasteiger partial charge in [-0.25, -0.2) is 4.98 Å². The molecule has 0 spiro atoms. The first-order valence-electron chi connectivity index (χ1n) is 6.17.